The molecule has 0 saturated carbocycles. The number of amides is 3. The zero-order chi connectivity index (χ0) is 23.1. The van der Waals surface area contributed by atoms with Crippen LogP contribution in [0, 0.1) is 17.3 Å². The third kappa shape index (κ3) is 6.48. The van der Waals surface area contributed by atoms with E-state index in [1.807, 2.05) is 0 Å². The fourth-order valence-electron chi connectivity index (χ4n) is 3.00. The van der Waals surface area contributed by atoms with Gasteiger partial charge in [0, 0.05) is 18.1 Å². The van der Waals surface area contributed by atoms with Crippen molar-refractivity contribution >= 4 is 23.4 Å². The topological polar surface area (TPSA) is 161 Å². The third-order valence-corrected chi connectivity index (χ3v) is 4.70. The van der Waals surface area contributed by atoms with Gasteiger partial charge in [-0.2, -0.15) is 0 Å². The first-order valence-corrected chi connectivity index (χ1v) is 9.65. The molecule has 3 atom stereocenters. The van der Waals surface area contributed by atoms with Crippen LogP contribution < -0.4 is 16.1 Å². The second-order valence-corrected chi connectivity index (χ2v) is 8.74. The molecule has 168 valence electrons. The van der Waals surface area contributed by atoms with E-state index in [9.17, 15) is 24.6 Å². The van der Waals surface area contributed by atoms with Crippen LogP contribution >= 0.6 is 0 Å². The van der Waals surface area contributed by atoms with E-state index in [4.69, 9.17) is 5.21 Å². The Morgan fingerprint density at radius 1 is 1.10 bits per heavy atom. The van der Waals surface area contributed by atoms with Crippen LogP contribution in [0.2, 0.25) is 0 Å². The predicted molar refractivity (Wildman–Crippen MR) is 109 cm³/mol. The lowest BCUT2D eigenvalue weighted by Crippen LogP contribution is -2.61. The number of nitrogens with zero attached hydrogens (tertiary/aromatic N) is 1. The quantitative estimate of drug-likeness (QED) is 0.248. The molecule has 0 saturated heterocycles. The van der Waals surface area contributed by atoms with Crippen LogP contribution in [-0.4, -0.2) is 56.4 Å². The Kier molecular flexibility index (Phi) is 8.89. The van der Waals surface area contributed by atoms with Crippen molar-refractivity contribution in [1.29, 1.82) is 0 Å². The van der Waals surface area contributed by atoms with Crippen molar-refractivity contribution < 1.29 is 29.8 Å². The van der Waals surface area contributed by atoms with Gasteiger partial charge in [-0.05, 0) is 29.9 Å². The first kappa shape index (κ1) is 25.5. The number of aromatic nitrogens is 1. The fraction of sp³-hybridized carbons (Fsp3) is 0.600. The Hall–Kier alpha value is -2.56. The molecule has 0 aliphatic heterocycles. The van der Waals surface area contributed by atoms with Crippen LogP contribution in [0.25, 0.3) is 0 Å². The molecule has 0 radical (unpaired) electrons. The van der Waals surface area contributed by atoms with E-state index >= 15 is 0 Å². The summed E-state index contributed by atoms with van der Waals surface area (Å²) in [5.41, 5.74) is -1.50. The Labute approximate surface area is 176 Å². The van der Waals surface area contributed by atoms with Gasteiger partial charge in [-0.3, -0.25) is 24.6 Å². The van der Waals surface area contributed by atoms with E-state index in [0.29, 0.717) is 5.69 Å². The molecule has 0 bridgehead atoms. The van der Waals surface area contributed by atoms with Crippen molar-refractivity contribution in [3.8, 4) is 0 Å². The zero-order valence-electron chi connectivity index (χ0n) is 18.0. The first-order chi connectivity index (χ1) is 13.9. The number of nitrogens with one attached hydrogen (secondary N) is 3. The molecule has 1 rings (SSSR count). The fourth-order valence-corrected chi connectivity index (χ4v) is 3.00. The molecule has 30 heavy (non-hydrogen) atoms. The van der Waals surface area contributed by atoms with Gasteiger partial charge in [0.1, 0.15) is 6.04 Å². The number of carbonyl (C=O) groups excluding carboxylic acids is 3. The Bertz CT molecular complexity index is 735. The van der Waals surface area contributed by atoms with E-state index in [1.54, 1.807) is 46.8 Å². The number of aliphatic hydroxyl groups excluding tert-OH is 1. The summed E-state index contributed by atoms with van der Waals surface area (Å²) in [6.45, 7) is 7.70. The summed E-state index contributed by atoms with van der Waals surface area (Å²) in [5.74, 6) is -4.14. The summed E-state index contributed by atoms with van der Waals surface area (Å²) in [7, 11) is 0. The van der Waals surface area contributed by atoms with Crippen molar-refractivity contribution in [2.24, 2.45) is 17.3 Å². The highest BCUT2D eigenvalue weighted by atomic mass is 16.5. The summed E-state index contributed by atoms with van der Waals surface area (Å²) in [6.07, 6.45) is 3.04. The highest BCUT2D eigenvalue weighted by Gasteiger charge is 2.49. The number of anilines is 1. The normalized spacial score (nSPS) is 15.6. The van der Waals surface area contributed by atoms with Gasteiger partial charge in [-0.25, -0.2) is 5.48 Å². The molecular weight excluding hydrogens is 392 g/mol. The van der Waals surface area contributed by atoms with Gasteiger partial charge in [0.25, 0.3) is 5.91 Å². The van der Waals surface area contributed by atoms with Gasteiger partial charge in [-0.1, -0.05) is 34.6 Å². The maximum atomic E-state index is 13.1. The van der Waals surface area contributed by atoms with E-state index in [2.05, 4.69) is 15.6 Å². The summed E-state index contributed by atoms with van der Waals surface area (Å²) < 4.78 is 0. The number of aliphatic hydroxyl groups is 2. The SMILES string of the molecule is CC(C)C[C@@H](C(=O)N[C@H](C(=O)Nc1ccncc1)C(C)(C)C)[C@](O)(CO)C(=O)NO. The van der Waals surface area contributed by atoms with Crippen molar-refractivity contribution in [3.63, 3.8) is 0 Å². The van der Waals surface area contributed by atoms with Crippen LogP contribution in [0.15, 0.2) is 24.5 Å². The Balaban J connectivity index is 3.19. The minimum atomic E-state index is -2.56. The van der Waals surface area contributed by atoms with E-state index in [1.165, 1.54) is 17.9 Å². The predicted octanol–water partition coefficient (Wildman–Crippen LogP) is 0.442. The summed E-state index contributed by atoms with van der Waals surface area (Å²) >= 11 is 0. The van der Waals surface area contributed by atoms with Gasteiger partial charge in [-0.15, -0.1) is 0 Å². The first-order valence-electron chi connectivity index (χ1n) is 9.65. The molecular formula is C20H32N4O6. The molecule has 0 spiro atoms. The van der Waals surface area contributed by atoms with Crippen molar-refractivity contribution in [3.05, 3.63) is 24.5 Å². The molecule has 0 unspecified atom stereocenters. The van der Waals surface area contributed by atoms with Crippen LogP contribution in [0.5, 0.6) is 0 Å². The van der Waals surface area contributed by atoms with Crippen LogP contribution in [0.4, 0.5) is 5.69 Å². The summed E-state index contributed by atoms with van der Waals surface area (Å²) in [6, 6.07) is 2.17. The number of pyridine rings is 1. The van der Waals surface area contributed by atoms with Gasteiger partial charge < -0.3 is 20.8 Å². The maximum absolute atomic E-state index is 13.1. The molecule has 1 aromatic rings. The molecule has 0 fully saturated rings. The highest BCUT2D eigenvalue weighted by Crippen LogP contribution is 2.28. The summed E-state index contributed by atoms with van der Waals surface area (Å²) in [4.78, 5) is 41.8. The minimum Gasteiger partial charge on any atom is -0.393 e. The largest absolute Gasteiger partial charge is 0.393 e. The second kappa shape index (κ2) is 10.5. The van der Waals surface area contributed by atoms with Gasteiger partial charge in [0.15, 0.2) is 5.60 Å². The highest BCUT2D eigenvalue weighted by molar-refractivity contribution is 5.99. The zero-order valence-corrected chi connectivity index (χ0v) is 18.0. The molecule has 1 aromatic heterocycles. The molecule has 0 aliphatic carbocycles. The summed E-state index contributed by atoms with van der Waals surface area (Å²) in [5, 5.41) is 34.6. The number of hydroxylamine groups is 1. The maximum Gasteiger partial charge on any atom is 0.278 e. The van der Waals surface area contributed by atoms with Crippen LogP contribution in [0.3, 0.4) is 0 Å². The lowest BCUT2D eigenvalue weighted by Gasteiger charge is -2.36. The smallest absolute Gasteiger partial charge is 0.278 e. The van der Waals surface area contributed by atoms with E-state index in [-0.39, 0.29) is 12.3 Å². The van der Waals surface area contributed by atoms with Crippen molar-refractivity contribution in [2.75, 3.05) is 11.9 Å². The van der Waals surface area contributed by atoms with Gasteiger partial charge >= 0.3 is 0 Å². The number of rotatable bonds is 9. The Morgan fingerprint density at radius 2 is 1.67 bits per heavy atom. The average Bonchev–Trinajstić information content (AvgIpc) is 2.68. The van der Waals surface area contributed by atoms with Crippen LogP contribution in [0.1, 0.15) is 41.0 Å². The molecule has 0 aliphatic rings. The molecule has 10 heteroatoms. The number of hydrogen-bond acceptors (Lipinski definition) is 7. The van der Waals surface area contributed by atoms with Crippen molar-refractivity contribution in [2.45, 2.75) is 52.7 Å². The average molecular weight is 424 g/mol. The van der Waals surface area contributed by atoms with E-state index < -0.39 is 47.3 Å². The van der Waals surface area contributed by atoms with Gasteiger partial charge in [0.05, 0.1) is 12.5 Å². The monoisotopic (exact) mass is 424 g/mol. The van der Waals surface area contributed by atoms with E-state index in [0.717, 1.165) is 0 Å². The number of hydrogen-bond donors (Lipinski definition) is 6. The lowest BCUT2D eigenvalue weighted by atomic mass is 9.79. The molecule has 3 amide bonds. The Morgan fingerprint density at radius 3 is 2.10 bits per heavy atom. The molecule has 0 aromatic carbocycles. The standard InChI is InChI=1S/C20H32N4O6/c1-12(2)10-14(20(29,11-25)18(28)24-30)16(26)23-15(19(3,4)5)17(27)22-13-6-8-21-9-7-13/h6-9,12,14-15,25,29-30H,10-11H2,1-5H3,(H,23,26)(H,24,28)(H,21,22,27)/t14-,15+,20+/m0/s1. The van der Waals surface area contributed by atoms with Gasteiger partial charge in [0.2, 0.25) is 11.8 Å². The van der Waals surface area contributed by atoms with Crippen LogP contribution in [-0.2, 0) is 14.4 Å². The molecule has 6 N–H and O–H groups in total. The molecule has 1 heterocycles. The molecule has 10 nitrogen and oxygen atoms in total. The van der Waals surface area contributed by atoms with Crippen molar-refractivity contribution in [1.82, 2.24) is 15.8 Å². The minimum absolute atomic E-state index is 0.0269. The second-order valence-electron chi connectivity index (χ2n) is 8.74. The number of carbonyl (C=O) groups is 3. The lowest BCUT2D eigenvalue weighted by molar-refractivity contribution is -0.167. The third-order valence-electron chi connectivity index (χ3n) is 4.70.